The molecule has 1 saturated carbocycles. The summed E-state index contributed by atoms with van der Waals surface area (Å²) in [6.07, 6.45) is 7.28. The molecule has 0 bridgehead atoms. The van der Waals surface area contributed by atoms with Crippen molar-refractivity contribution < 1.29 is 4.79 Å². The van der Waals surface area contributed by atoms with Gasteiger partial charge >= 0.3 is 0 Å². The van der Waals surface area contributed by atoms with E-state index in [0.29, 0.717) is 11.5 Å². The SMILES string of the molecule is CC1CCCC(N)(C(=O)c2cccc3ccncc23)C1. The van der Waals surface area contributed by atoms with Gasteiger partial charge < -0.3 is 5.73 Å². The third kappa shape index (κ3) is 2.22. The zero-order chi connectivity index (χ0) is 14.2. The number of pyridine rings is 1. The smallest absolute Gasteiger partial charge is 0.183 e. The Morgan fingerprint density at radius 1 is 1.40 bits per heavy atom. The standard InChI is InChI=1S/C17H20N2O/c1-12-4-3-8-17(18,10-12)16(20)14-6-2-5-13-7-9-19-11-15(13)14/h2,5-7,9,11-12H,3-4,8,10,18H2,1H3. The Bertz CT molecular complexity index is 647. The molecule has 2 aromatic rings. The molecule has 0 amide bonds. The predicted molar refractivity (Wildman–Crippen MR) is 80.6 cm³/mol. The lowest BCUT2D eigenvalue weighted by atomic mass is 9.73. The highest BCUT2D eigenvalue weighted by Crippen LogP contribution is 2.34. The molecule has 1 aromatic carbocycles. The lowest BCUT2D eigenvalue weighted by Gasteiger charge is -2.35. The van der Waals surface area contributed by atoms with Gasteiger partial charge in [-0.25, -0.2) is 0 Å². The molecule has 3 heteroatoms. The molecular formula is C17H20N2O. The van der Waals surface area contributed by atoms with Crippen molar-refractivity contribution in [2.24, 2.45) is 11.7 Å². The number of carbonyl (C=O) groups excluding carboxylic acids is 1. The van der Waals surface area contributed by atoms with E-state index in [4.69, 9.17) is 5.73 Å². The summed E-state index contributed by atoms with van der Waals surface area (Å²) >= 11 is 0. The number of carbonyl (C=O) groups is 1. The van der Waals surface area contributed by atoms with E-state index in [1.807, 2.05) is 24.3 Å². The van der Waals surface area contributed by atoms with Crippen molar-refractivity contribution in [2.75, 3.05) is 0 Å². The Labute approximate surface area is 119 Å². The van der Waals surface area contributed by atoms with Gasteiger partial charge in [0.25, 0.3) is 0 Å². The maximum atomic E-state index is 12.9. The number of fused-ring (bicyclic) bond motifs is 1. The van der Waals surface area contributed by atoms with Crippen LogP contribution in [0.3, 0.4) is 0 Å². The first kappa shape index (κ1) is 13.3. The molecule has 1 aliphatic rings. The number of nitrogens with zero attached hydrogens (tertiary/aromatic N) is 1. The van der Waals surface area contributed by atoms with Gasteiger partial charge in [0, 0.05) is 23.3 Å². The van der Waals surface area contributed by atoms with Gasteiger partial charge in [-0.3, -0.25) is 9.78 Å². The summed E-state index contributed by atoms with van der Waals surface area (Å²) in [5, 5.41) is 1.95. The number of ketones is 1. The molecule has 1 aromatic heterocycles. The summed E-state index contributed by atoms with van der Waals surface area (Å²) in [5.41, 5.74) is 6.45. The summed E-state index contributed by atoms with van der Waals surface area (Å²) in [4.78, 5) is 17.1. The second-order valence-corrected chi connectivity index (χ2v) is 6.09. The van der Waals surface area contributed by atoms with Gasteiger partial charge in [-0.2, -0.15) is 0 Å². The van der Waals surface area contributed by atoms with Crippen LogP contribution >= 0.6 is 0 Å². The van der Waals surface area contributed by atoms with Gasteiger partial charge in [0.15, 0.2) is 5.78 Å². The Balaban J connectivity index is 2.04. The van der Waals surface area contributed by atoms with Crippen LogP contribution in [0.15, 0.2) is 36.7 Å². The van der Waals surface area contributed by atoms with E-state index in [1.165, 1.54) is 6.42 Å². The second-order valence-electron chi connectivity index (χ2n) is 6.09. The van der Waals surface area contributed by atoms with E-state index in [0.717, 1.165) is 30.0 Å². The Morgan fingerprint density at radius 3 is 3.05 bits per heavy atom. The number of Topliss-reactive ketones (excluding diaryl/α,β-unsaturated/α-hetero) is 1. The van der Waals surface area contributed by atoms with Crippen LogP contribution in [0.5, 0.6) is 0 Å². The van der Waals surface area contributed by atoms with Gasteiger partial charge in [-0.1, -0.05) is 38.0 Å². The Morgan fingerprint density at radius 2 is 2.25 bits per heavy atom. The van der Waals surface area contributed by atoms with Crippen LogP contribution in [-0.4, -0.2) is 16.3 Å². The molecular weight excluding hydrogens is 248 g/mol. The number of aromatic nitrogens is 1. The van der Waals surface area contributed by atoms with Crippen LogP contribution in [0.4, 0.5) is 0 Å². The Kier molecular flexibility index (Phi) is 3.30. The largest absolute Gasteiger partial charge is 0.319 e. The maximum Gasteiger partial charge on any atom is 0.183 e. The number of benzene rings is 1. The number of hydrogen-bond donors (Lipinski definition) is 1. The predicted octanol–water partition coefficient (Wildman–Crippen LogP) is 3.33. The number of rotatable bonds is 2. The van der Waals surface area contributed by atoms with Crippen LogP contribution in [0.2, 0.25) is 0 Å². The van der Waals surface area contributed by atoms with Crippen molar-refractivity contribution in [3.63, 3.8) is 0 Å². The maximum absolute atomic E-state index is 12.9. The monoisotopic (exact) mass is 268 g/mol. The van der Waals surface area contributed by atoms with Crippen LogP contribution in [0.1, 0.15) is 43.0 Å². The van der Waals surface area contributed by atoms with Gasteiger partial charge in [0.05, 0.1) is 5.54 Å². The van der Waals surface area contributed by atoms with Crippen molar-refractivity contribution in [1.29, 1.82) is 0 Å². The third-order valence-corrected chi connectivity index (χ3v) is 4.41. The highest BCUT2D eigenvalue weighted by Gasteiger charge is 2.38. The van der Waals surface area contributed by atoms with Crippen LogP contribution in [0.25, 0.3) is 10.8 Å². The van der Waals surface area contributed by atoms with E-state index < -0.39 is 5.54 Å². The molecule has 2 atom stereocenters. The molecule has 1 aliphatic carbocycles. The van der Waals surface area contributed by atoms with Crippen LogP contribution < -0.4 is 5.73 Å². The molecule has 2 N–H and O–H groups in total. The minimum absolute atomic E-state index is 0.0719. The number of nitrogens with two attached hydrogens (primary N) is 1. The van der Waals surface area contributed by atoms with Crippen molar-refractivity contribution in [2.45, 2.75) is 38.1 Å². The van der Waals surface area contributed by atoms with Crippen molar-refractivity contribution >= 4 is 16.6 Å². The molecule has 3 nitrogen and oxygen atoms in total. The second kappa shape index (κ2) is 4.98. The zero-order valence-electron chi connectivity index (χ0n) is 11.8. The summed E-state index contributed by atoms with van der Waals surface area (Å²) in [6, 6.07) is 7.73. The van der Waals surface area contributed by atoms with Crippen LogP contribution in [0, 0.1) is 5.92 Å². The molecule has 0 aliphatic heterocycles. The van der Waals surface area contributed by atoms with Gasteiger partial charge in [0.2, 0.25) is 0 Å². The quantitative estimate of drug-likeness (QED) is 0.850. The van der Waals surface area contributed by atoms with Crippen LogP contribution in [-0.2, 0) is 0 Å². The van der Waals surface area contributed by atoms with E-state index in [2.05, 4.69) is 11.9 Å². The van der Waals surface area contributed by atoms with E-state index in [-0.39, 0.29) is 5.78 Å². The molecule has 0 radical (unpaired) electrons. The molecule has 20 heavy (non-hydrogen) atoms. The first-order chi connectivity index (χ1) is 9.60. The lowest BCUT2D eigenvalue weighted by molar-refractivity contribution is 0.0821. The van der Waals surface area contributed by atoms with E-state index in [1.54, 1.807) is 12.4 Å². The third-order valence-electron chi connectivity index (χ3n) is 4.41. The Hall–Kier alpha value is -1.74. The highest BCUT2D eigenvalue weighted by molar-refractivity contribution is 6.12. The average molecular weight is 268 g/mol. The summed E-state index contributed by atoms with van der Waals surface area (Å²) in [5.74, 6) is 0.591. The van der Waals surface area contributed by atoms with Crippen molar-refractivity contribution in [1.82, 2.24) is 4.98 Å². The van der Waals surface area contributed by atoms with E-state index in [9.17, 15) is 4.79 Å². The number of hydrogen-bond acceptors (Lipinski definition) is 3. The molecule has 3 rings (SSSR count). The molecule has 0 saturated heterocycles. The molecule has 1 fully saturated rings. The zero-order valence-corrected chi connectivity index (χ0v) is 11.8. The molecule has 1 heterocycles. The topological polar surface area (TPSA) is 56.0 Å². The minimum Gasteiger partial charge on any atom is -0.319 e. The van der Waals surface area contributed by atoms with Gasteiger partial charge in [0.1, 0.15) is 0 Å². The fraction of sp³-hybridized carbons (Fsp3) is 0.412. The first-order valence-electron chi connectivity index (χ1n) is 7.26. The fourth-order valence-electron chi connectivity index (χ4n) is 3.38. The average Bonchev–Trinajstić information content (AvgIpc) is 2.45. The highest BCUT2D eigenvalue weighted by atomic mass is 16.1. The molecule has 2 unspecified atom stereocenters. The minimum atomic E-state index is -0.707. The van der Waals surface area contributed by atoms with Crippen molar-refractivity contribution in [3.05, 3.63) is 42.2 Å². The van der Waals surface area contributed by atoms with Crippen molar-refractivity contribution in [3.8, 4) is 0 Å². The van der Waals surface area contributed by atoms with E-state index >= 15 is 0 Å². The first-order valence-corrected chi connectivity index (χ1v) is 7.26. The summed E-state index contributed by atoms with van der Waals surface area (Å²) in [7, 11) is 0. The van der Waals surface area contributed by atoms with Gasteiger partial charge in [-0.15, -0.1) is 0 Å². The lowest BCUT2D eigenvalue weighted by Crippen LogP contribution is -2.51. The fourth-order valence-corrected chi connectivity index (χ4v) is 3.38. The summed E-state index contributed by atoms with van der Waals surface area (Å²) in [6.45, 7) is 2.18. The summed E-state index contributed by atoms with van der Waals surface area (Å²) < 4.78 is 0. The van der Waals surface area contributed by atoms with Gasteiger partial charge in [-0.05, 0) is 30.2 Å². The molecule has 104 valence electrons. The normalized spacial score (nSPS) is 26.6. The molecule has 0 spiro atoms.